The van der Waals surface area contributed by atoms with E-state index in [1.54, 1.807) is 6.20 Å². The average molecular weight is 439 g/mol. The molecule has 0 spiro atoms. The van der Waals surface area contributed by atoms with Crippen molar-refractivity contribution in [2.75, 3.05) is 20.3 Å². The van der Waals surface area contributed by atoms with Crippen molar-refractivity contribution >= 4 is 16.8 Å². The van der Waals surface area contributed by atoms with Gasteiger partial charge in [0.05, 0.1) is 13.4 Å². The summed E-state index contributed by atoms with van der Waals surface area (Å²) in [4.78, 5) is 17.3. The molecule has 0 atom stereocenters. The molecule has 0 bridgehead atoms. The Labute approximate surface area is 190 Å². The van der Waals surface area contributed by atoms with Gasteiger partial charge in [0.2, 0.25) is 0 Å². The molecule has 2 aromatic carbocycles. The Morgan fingerprint density at radius 2 is 1.50 bits per heavy atom. The van der Waals surface area contributed by atoms with E-state index in [0.717, 1.165) is 41.5 Å². The standard InChI is InChI=1S/C15H14N4O.C6H6.2C2H6.CH3F/c20-15(19-4-1-5-19)14-7-11-3-2-10(6-13(11)18-14)12-8-16-17-9-12;1-2-4-6-5-3-1;3*1-2/h2-3,6-9,18H,1,4-5H2,(H,16,17);1-6H;2*1-2H3;1H3. The van der Waals surface area contributed by atoms with Crippen LogP contribution in [0.3, 0.4) is 0 Å². The topological polar surface area (TPSA) is 64.8 Å². The van der Waals surface area contributed by atoms with Crippen molar-refractivity contribution in [3.63, 3.8) is 0 Å². The number of benzene rings is 2. The number of hydrogen-bond acceptors (Lipinski definition) is 2. The number of carbonyl (C=O) groups is 1. The maximum Gasteiger partial charge on any atom is 0.270 e. The largest absolute Gasteiger partial charge is 0.351 e. The van der Waals surface area contributed by atoms with Gasteiger partial charge in [-0.2, -0.15) is 5.10 Å². The van der Waals surface area contributed by atoms with E-state index in [9.17, 15) is 9.18 Å². The number of aromatic nitrogens is 3. The van der Waals surface area contributed by atoms with Crippen LogP contribution >= 0.6 is 0 Å². The molecule has 32 heavy (non-hydrogen) atoms. The van der Waals surface area contributed by atoms with Crippen LogP contribution in [-0.4, -0.2) is 46.3 Å². The van der Waals surface area contributed by atoms with Crippen LogP contribution in [0.15, 0.2) is 73.1 Å². The highest BCUT2D eigenvalue weighted by Gasteiger charge is 2.22. The zero-order valence-electron chi connectivity index (χ0n) is 19.7. The van der Waals surface area contributed by atoms with E-state index in [4.69, 9.17) is 0 Å². The second kappa shape index (κ2) is 15.4. The number of fused-ring (bicyclic) bond motifs is 1. The van der Waals surface area contributed by atoms with Crippen molar-refractivity contribution in [3.8, 4) is 11.1 Å². The lowest BCUT2D eigenvalue weighted by Gasteiger charge is -2.30. The Kier molecular flexibility index (Phi) is 12.8. The molecule has 1 aliphatic heterocycles. The summed E-state index contributed by atoms with van der Waals surface area (Å²) in [5.41, 5.74) is 3.77. The highest BCUT2D eigenvalue weighted by molar-refractivity contribution is 5.99. The van der Waals surface area contributed by atoms with Gasteiger partial charge in [-0.15, -0.1) is 0 Å². The summed E-state index contributed by atoms with van der Waals surface area (Å²) in [5, 5.41) is 7.82. The van der Waals surface area contributed by atoms with Gasteiger partial charge in [-0.25, -0.2) is 0 Å². The molecule has 3 heterocycles. The van der Waals surface area contributed by atoms with Gasteiger partial charge in [-0.3, -0.25) is 14.3 Å². The Bertz CT molecular complexity index is 967. The third-order valence-corrected chi connectivity index (χ3v) is 4.49. The molecule has 0 saturated carbocycles. The Morgan fingerprint density at radius 3 is 1.97 bits per heavy atom. The summed E-state index contributed by atoms with van der Waals surface area (Å²) in [6.07, 6.45) is 4.75. The fraction of sp³-hybridized carbons (Fsp3) is 0.308. The molecule has 172 valence electrons. The first-order valence-corrected chi connectivity index (χ1v) is 11.1. The van der Waals surface area contributed by atoms with E-state index < -0.39 is 0 Å². The molecule has 1 fully saturated rings. The van der Waals surface area contributed by atoms with Crippen LogP contribution < -0.4 is 0 Å². The van der Waals surface area contributed by atoms with Crippen LogP contribution in [0.25, 0.3) is 22.0 Å². The highest BCUT2D eigenvalue weighted by atomic mass is 19.1. The molecule has 4 aromatic rings. The van der Waals surface area contributed by atoms with Crippen LogP contribution in [0, 0.1) is 0 Å². The van der Waals surface area contributed by atoms with Gasteiger partial charge in [0, 0.05) is 35.8 Å². The van der Waals surface area contributed by atoms with Crippen molar-refractivity contribution in [1.29, 1.82) is 0 Å². The highest BCUT2D eigenvalue weighted by Crippen LogP contribution is 2.25. The van der Waals surface area contributed by atoms with Crippen LogP contribution in [0.5, 0.6) is 0 Å². The minimum atomic E-state index is 0.0947. The summed E-state index contributed by atoms with van der Waals surface area (Å²) in [6.45, 7) is 9.74. The monoisotopic (exact) mass is 438 g/mol. The van der Waals surface area contributed by atoms with Gasteiger partial charge in [0.15, 0.2) is 0 Å². The predicted molar refractivity (Wildman–Crippen MR) is 133 cm³/mol. The first kappa shape index (κ1) is 26.6. The third kappa shape index (κ3) is 7.38. The van der Waals surface area contributed by atoms with Crippen LogP contribution in [-0.2, 0) is 0 Å². The van der Waals surface area contributed by atoms with Crippen LogP contribution in [0.1, 0.15) is 44.6 Å². The van der Waals surface area contributed by atoms with Gasteiger partial charge in [0.25, 0.3) is 5.91 Å². The number of halogens is 1. The summed E-state index contributed by atoms with van der Waals surface area (Å²) < 4.78 is 9.50. The van der Waals surface area contributed by atoms with Crippen molar-refractivity contribution in [2.24, 2.45) is 0 Å². The van der Waals surface area contributed by atoms with Crippen molar-refractivity contribution in [1.82, 2.24) is 20.1 Å². The lowest BCUT2D eigenvalue weighted by atomic mass is 10.1. The van der Waals surface area contributed by atoms with Gasteiger partial charge < -0.3 is 9.88 Å². The third-order valence-electron chi connectivity index (χ3n) is 4.49. The number of rotatable bonds is 2. The molecular weight excluding hydrogens is 403 g/mol. The van der Waals surface area contributed by atoms with E-state index >= 15 is 0 Å². The minimum Gasteiger partial charge on any atom is -0.351 e. The normalized spacial score (nSPS) is 11.1. The summed E-state index contributed by atoms with van der Waals surface area (Å²) >= 11 is 0. The molecule has 1 aliphatic rings. The minimum absolute atomic E-state index is 0.0947. The summed E-state index contributed by atoms with van der Waals surface area (Å²) in [7, 11) is 0.500. The van der Waals surface area contributed by atoms with Gasteiger partial charge in [0.1, 0.15) is 5.69 Å². The van der Waals surface area contributed by atoms with E-state index in [2.05, 4.69) is 15.2 Å². The summed E-state index contributed by atoms with van der Waals surface area (Å²) in [5.74, 6) is 0.0947. The van der Waals surface area contributed by atoms with E-state index in [0.29, 0.717) is 12.9 Å². The number of H-pyrrole nitrogens is 2. The Balaban J connectivity index is 0.000000360. The Hall–Kier alpha value is -3.41. The molecule has 1 saturated heterocycles. The average Bonchev–Trinajstić information content (AvgIpc) is 3.53. The lowest BCUT2D eigenvalue weighted by Crippen LogP contribution is -2.42. The van der Waals surface area contributed by atoms with Gasteiger partial charge in [-0.1, -0.05) is 76.2 Å². The second-order valence-electron chi connectivity index (χ2n) is 6.27. The molecule has 1 amide bonds. The number of alkyl halides is 1. The van der Waals surface area contributed by atoms with Crippen molar-refractivity contribution < 1.29 is 9.18 Å². The van der Waals surface area contributed by atoms with Crippen molar-refractivity contribution in [3.05, 3.63) is 78.8 Å². The molecule has 5 nitrogen and oxygen atoms in total. The van der Waals surface area contributed by atoms with Crippen molar-refractivity contribution in [2.45, 2.75) is 34.1 Å². The van der Waals surface area contributed by atoms with E-state index in [1.807, 2.05) is 99.5 Å². The molecule has 6 heteroatoms. The second-order valence-corrected chi connectivity index (χ2v) is 6.27. The van der Waals surface area contributed by atoms with Crippen LogP contribution in [0.2, 0.25) is 0 Å². The summed E-state index contributed by atoms with van der Waals surface area (Å²) in [6, 6.07) is 20.0. The van der Waals surface area contributed by atoms with E-state index in [1.165, 1.54) is 0 Å². The molecule has 5 rings (SSSR count). The van der Waals surface area contributed by atoms with Crippen LogP contribution in [0.4, 0.5) is 4.39 Å². The predicted octanol–water partition coefficient (Wildman–Crippen LogP) is 6.73. The number of aromatic amines is 2. The number of nitrogens with one attached hydrogen (secondary N) is 2. The molecule has 0 radical (unpaired) electrons. The fourth-order valence-corrected chi connectivity index (χ4v) is 2.91. The molecule has 0 unspecified atom stereocenters. The number of nitrogens with zero attached hydrogens (tertiary/aromatic N) is 2. The number of amides is 1. The first-order chi connectivity index (χ1) is 15.8. The molecule has 0 aliphatic carbocycles. The maximum absolute atomic E-state index is 12.2. The molecule has 2 aromatic heterocycles. The number of carbonyl (C=O) groups excluding carboxylic acids is 1. The number of likely N-dealkylation sites (tertiary alicyclic amines) is 1. The Morgan fingerprint density at radius 1 is 0.906 bits per heavy atom. The lowest BCUT2D eigenvalue weighted by molar-refractivity contribution is 0.0646. The quantitative estimate of drug-likeness (QED) is 0.364. The number of hydrogen-bond donors (Lipinski definition) is 2. The van der Waals surface area contributed by atoms with Gasteiger partial charge >= 0.3 is 0 Å². The molecule has 2 N–H and O–H groups in total. The maximum atomic E-state index is 12.2. The van der Waals surface area contributed by atoms with E-state index in [-0.39, 0.29) is 5.91 Å². The van der Waals surface area contributed by atoms with Gasteiger partial charge in [-0.05, 0) is 24.1 Å². The SMILES string of the molecule is CC.CC.CF.O=C(c1cc2ccc(-c3cn[nH]c3)cc2[nH]1)N1CCC1.c1ccccc1. The zero-order chi connectivity index (χ0) is 23.8. The molecular formula is C26H35FN4O. The zero-order valence-corrected chi connectivity index (χ0v) is 19.7. The smallest absolute Gasteiger partial charge is 0.270 e. The fourth-order valence-electron chi connectivity index (χ4n) is 2.91. The first-order valence-electron chi connectivity index (χ1n) is 11.1.